The van der Waals surface area contributed by atoms with E-state index in [1.54, 1.807) is 0 Å². The average Bonchev–Trinajstić information content (AvgIpc) is 3.05. The lowest BCUT2D eigenvalue weighted by Crippen LogP contribution is -2.09. The van der Waals surface area contributed by atoms with E-state index in [0.717, 1.165) is 12.8 Å². The second-order valence-corrected chi connectivity index (χ2v) is 5.28. The molecule has 0 radical (unpaired) electrons. The Morgan fingerprint density at radius 2 is 1.95 bits per heavy atom. The van der Waals surface area contributed by atoms with Crippen LogP contribution in [0.5, 0.6) is 0 Å². The molecule has 3 N–H and O–H groups in total. The third-order valence-corrected chi connectivity index (χ3v) is 3.96. The molecule has 0 aliphatic heterocycles. The van der Waals surface area contributed by atoms with E-state index in [-0.39, 0.29) is 17.2 Å². The zero-order valence-corrected chi connectivity index (χ0v) is 10.5. The smallest absolute Gasteiger partial charge is 0.339 e. The summed E-state index contributed by atoms with van der Waals surface area (Å²) < 4.78 is 0.587. The molecule has 7 heteroatoms. The van der Waals surface area contributed by atoms with Crippen molar-refractivity contribution in [3.8, 4) is 0 Å². The lowest BCUT2D eigenvalue weighted by atomic mass is 10.2. The first-order chi connectivity index (χ1) is 9.08. The lowest BCUT2D eigenvalue weighted by Gasteiger charge is -2.09. The number of hydrogen-bond donors (Lipinski definition) is 3. The first kappa shape index (κ1) is 11.9. The maximum absolute atomic E-state index is 11.2. The Hall–Kier alpha value is -2.15. The molecule has 3 rings (SSSR count). The number of rotatable bonds is 4. The fraction of sp³-hybridized carbons (Fsp3) is 0.250. The van der Waals surface area contributed by atoms with Gasteiger partial charge in [0.05, 0.1) is 21.5 Å². The molecule has 19 heavy (non-hydrogen) atoms. The highest BCUT2D eigenvalue weighted by molar-refractivity contribution is 7.18. The van der Waals surface area contributed by atoms with Gasteiger partial charge in [-0.05, 0) is 12.8 Å². The first-order valence-corrected chi connectivity index (χ1v) is 6.59. The number of hydrogen-bond acceptors (Lipinski definition) is 5. The summed E-state index contributed by atoms with van der Waals surface area (Å²) in [5.41, 5.74) is 1.01. The fourth-order valence-corrected chi connectivity index (χ4v) is 2.87. The van der Waals surface area contributed by atoms with Gasteiger partial charge in [0.2, 0.25) is 0 Å². The second-order valence-electron chi connectivity index (χ2n) is 4.40. The minimum atomic E-state index is -1.07. The van der Waals surface area contributed by atoms with Gasteiger partial charge < -0.3 is 15.5 Å². The molecule has 1 aliphatic rings. The van der Waals surface area contributed by atoms with Gasteiger partial charge in [0.15, 0.2) is 0 Å². The zero-order valence-electron chi connectivity index (χ0n) is 9.71. The van der Waals surface area contributed by atoms with Crippen LogP contribution in [0.4, 0.5) is 5.69 Å². The van der Waals surface area contributed by atoms with E-state index in [4.69, 9.17) is 5.11 Å². The Bertz CT molecular complexity index is 690. The molecule has 1 fully saturated rings. The monoisotopic (exact) mass is 278 g/mol. The number of pyridine rings is 1. The van der Waals surface area contributed by atoms with Crippen LogP contribution in [-0.4, -0.2) is 33.2 Å². The van der Waals surface area contributed by atoms with E-state index in [2.05, 4.69) is 10.3 Å². The molecule has 6 nitrogen and oxygen atoms in total. The third-order valence-electron chi connectivity index (χ3n) is 2.97. The number of nitrogens with one attached hydrogen (secondary N) is 1. The summed E-state index contributed by atoms with van der Waals surface area (Å²) in [6, 6.07) is 0.277. The largest absolute Gasteiger partial charge is 0.478 e. The molecule has 2 aromatic heterocycles. The van der Waals surface area contributed by atoms with E-state index in [9.17, 15) is 14.7 Å². The molecule has 0 saturated heterocycles. The van der Waals surface area contributed by atoms with Crippen LogP contribution in [0, 0.1) is 0 Å². The van der Waals surface area contributed by atoms with Crippen LogP contribution >= 0.6 is 11.3 Å². The van der Waals surface area contributed by atoms with Crippen LogP contribution in [0.15, 0.2) is 11.6 Å². The predicted molar refractivity (Wildman–Crippen MR) is 70.2 cm³/mol. The van der Waals surface area contributed by atoms with Crippen molar-refractivity contribution in [1.29, 1.82) is 0 Å². The molecule has 0 spiro atoms. The second kappa shape index (κ2) is 4.20. The quantitative estimate of drug-likeness (QED) is 0.793. The van der Waals surface area contributed by atoms with Crippen molar-refractivity contribution >= 4 is 39.2 Å². The summed E-state index contributed by atoms with van der Waals surface area (Å²) in [7, 11) is 0. The van der Waals surface area contributed by atoms with Crippen molar-refractivity contribution in [3.05, 3.63) is 22.7 Å². The third kappa shape index (κ3) is 2.01. The molecular weight excluding hydrogens is 268 g/mol. The maximum Gasteiger partial charge on any atom is 0.339 e. The summed E-state index contributed by atoms with van der Waals surface area (Å²) in [6.45, 7) is 0. The molecule has 0 atom stereocenters. The number of thiophene rings is 1. The van der Waals surface area contributed by atoms with Gasteiger partial charge in [0.25, 0.3) is 0 Å². The molecule has 1 saturated carbocycles. The van der Waals surface area contributed by atoms with Crippen LogP contribution in [0.25, 0.3) is 10.2 Å². The number of nitrogens with zero attached hydrogens (tertiary/aromatic N) is 1. The average molecular weight is 278 g/mol. The minimum absolute atomic E-state index is 0.0817. The standard InChI is InChI=1S/C12H10N2O4S/c15-11(16)6-3-13-8-7(12(17)18)4-19-10(8)9(6)14-5-1-2-5/h3-5H,1-2H2,(H,13,14)(H,15,16)(H,17,18). The summed E-state index contributed by atoms with van der Waals surface area (Å²) in [4.78, 5) is 26.3. The van der Waals surface area contributed by atoms with Crippen molar-refractivity contribution < 1.29 is 19.8 Å². The van der Waals surface area contributed by atoms with Crippen molar-refractivity contribution in [2.75, 3.05) is 5.32 Å². The number of aromatic nitrogens is 1. The number of carbonyl (C=O) groups is 2. The Balaban J connectivity index is 2.22. The highest BCUT2D eigenvalue weighted by atomic mass is 32.1. The summed E-state index contributed by atoms with van der Waals surface area (Å²) >= 11 is 1.20. The number of carboxylic acids is 2. The van der Waals surface area contributed by atoms with Gasteiger partial charge in [-0.3, -0.25) is 4.98 Å². The van der Waals surface area contributed by atoms with Crippen LogP contribution in [0.3, 0.4) is 0 Å². The summed E-state index contributed by atoms with van der Waals surface area (Å²) in [6.07, 6.45) is 3.22. The SMILES string of the molecule is O=C(O)c1cnc2c(C(=O)O)csc2c1NC1CC1. The Morgan fingerprint density at radius 1 is 1.26 bits per heavy atom. The van der Waals surface area contributed by atoms with Crippen molar-refractivity contribution in [1.82, 2.24) is 4.98 Å². The van der Waals surface area contributed by atoms with Crippen molar-refractivity contribution in [2.24, 2.45) is 0 Å². The molecule has 0 aromatic carbocycles. The molecule has 0 amide bonds. The first-order valence-electron chi connectivity index (χ1n) is 5.71. The molecule has 98 valence electrons. The van der Waals surface area contributed by atoms with Crippen LogP contribution in [0.2, 0.25) is 0 Å². The number of carboxylic acid groups (broad SMARTS) is 2. The number of anilines is 1. The summed E-state index contributed by atoms with van der Waals surface area (Å²) in [5, 5.41) is 22.9. The molecule has 0 bridgehead atoms. The summed E-state index contributed by atoms with van der Waals surface area (Å²) in [5.74, 6) is -2.12. The van der Waals surface area contributed by atoms with Gasteiger partial charge in [-0.25, -0.2) is 9.59 Å². The van der Waals surface area contributed by atoms with Crippen molar-refractivity contribution in [2.45, 2.75) is 18.9 Å². The Kier molecular flexibility index (Phi) is 2.63. The predicted octanol–water partition coefficient (Wildman–Crippen LogP) is 2.27. The maximum atomic E-state index is 11.2. The molecule has 2 heterocycles. The van der Waals surface area contributed by atoms with E-state index >= 15 is 0 Å². The Labute approximate surface area is 111 Å². The lowest BCUT2D eigenvalue weighted by molar-refractivity contribution is 0.0688. The molecule has 1 aliphatic carbocycles. The van der Waals surface area contributed by atoms with E-state index in [1.165, 1.54) is 22.9 Å². The van der Waals surface area contributed by atoms with E-state index in [1.807, 2.05) is 0 Å². The number of aromatic carboxylic acids is 2. The zero-order chi connectivity index (χ0) is 13.6. The molecular formula is C12H10N2O4S. The molecule has 2 aromatic rings. The Morgan fingerprint density at radius 3 is 2.53 bits per heavy atom. The van der Waals surface area contributed by atoms with E-state index < -0.39 is 11.9 Å². The van der Waals surface area contributed by atoms with Crippen molar-refractivity contribution in [3.63, 3.8) is 0 Å². The minimum Gasteiger partial charge on any atom is -0.478 e. The molecule has 0 unspecified atom stereocenters. The van der Waals surface area contributed by atoms with Gasteiger partial charge in [-0.2, -0.15) is 0 Å². The van der Waals surface area contributed by atoms with Gasteiger partial charge in [-0.1, -0.05) is 0 Å². The van der Waals surface area contributed by atoms with E-state index in [0.29, 0.717) is 15.9 Å². The normalized spacial score (nSPS) is 14.5. The highest BCUT2D eigenvalue weighted by Crippen LogP contribution is 2.36. The van der Waals surface area contributed by atoms with Gasteiger partial charge in [0.1, 0.15) is 5.56 Å². The fourth-order valence-electron chi connectivity index (χ4n) is 1.86. The van der Waals surface area contributed by atoms with Gasteiger partial charge >= 0.3 is 11.9 Å². The topological polar surface area (TPSA) is 99.5 Å². The van der Waals surface area contributed by atoms with Crippen LogP contribution < -0.4 is 5.32 Å². The van der Waals surface area contributed by atoms with Crippen LogP contribution in [0.1, 0.15) is 33.6 Å². The van der Waals surface area contributed by atoms with Crippen LogP contribution in [-0.2, 0) is 0 Å². The highest BCUT2D eigenvalue weighted by Gasteiger charge is 2.26. The van der Waals surface area contributed by atoms with Gasteiger partial charge in [0, 0.05) is 17.6 Å². The van der Waals surface area contributed by atoms with Gasteiger partial charge in [-0.15, -0.1) is 11.3 Å². The number of fused-ring (bicyclic) bond motifs is 1.